The van der Waals surface area contributed by atoms with Crippen molar-refractivity contribution in [2.45, 2.75) is 97.5 Å². The number of esters is 2. The molecule has 0 aromatic heterocycles. The number of carboxylic acid groups (broad SMARTS) is 1. The van der Waals surface area contributed by atoms with Crippen LogP contribution in [0.25, 0.3) is 0 Å². The first-order valence-corrected chi connectivity index (χ1v) is 12.3. The van der Waals surface area contributed by atoms with Gasteiger partial charge in [0, 0.05) is 0 Å². The summed E-state index contributed by atoms with van der Waals surface area (Å²) in [5.74, 6) is -4.64. The summed E-state index contributed by atoms with van der Waals surface area (Å²) in [7, 11) is 0. The highest BCUT2D eigenvalue weighted by Crippen LogP contribution is 2.44. The number of halogens is 6. The topological polar surface area (TPSA) is 89.9 Å². The third-order valence-corrected chi connectivity index (χ3v) is 6.84. The van der Waals surface area contributed by atoms with E-state index in [2.05, 4.69) is 25.5 Å². The van der Waals surface area contributed by atoms with Crippen LogP contribution in [0.15, 0.2) is 24.3 Å². The van der Waals surface area contributed by atoms with Crippen LogP contribution in [0.2, 0.25) is 0 Å². The highest BCUT2D eigenvalue weighted by molar-refractivity contribution is 5.82. The third-order valence-electron chi connectivity index (χ3n) is 6.84. The number of hydrogen-bond donors (Lipinski definition) is 1. The van der Waals surface area contributed by atoms with Gasteiger partial charge in [0.05, 0.1) is 10.8 Å². The molecule has 222 valence electrons. The molecule has 0 bridgehead atoms. The molecule has 0 aliphatic heterocycles. The van der Waals surface area contributed by atoms with Crippen molar-refractivity contribution in [2.24, 2.45) is 10.8 Å². The molecule has 0 saturated heterocycles. The standard InChI is InChI=1S/C27H36F6O6/c1-8-24(6,22(37)38-14-19(34)39-20(26(28,29)30)27(31,32)33)15-25(7,21(35)36)13-16(2)17-9-11-18(12-10-17)23(3,4)5/h9-12,16,20H,8,13-15H2,1-7H3,(H,35,36). The molecule has 1 N–H and O–H groups in total. The summed E-state index contributed by atoms with van der Waals surface area (Å²) in [6.45, 7) is 10.9. The minimum Gasteiger partial charge on any atom is -0.481 e. The van der Waals surface area contributed by atoms with Gasteiger partial charge in [-0.3, -0.25) is 9.59 Å². The molecule has 6 nitrogen and oxygen atoms in total. The highest BCUT2D eigenvalue weighted by atomic mass is 19.4. The van der Waals surface area contributed by atoms with Gasteiger partial charge in [0.15, 0.2) is 6.61 Å². The summed E-state index contributed by atoms with van der Waals surface area (Å²) < 4.78 is 83.9. The minimum absolute atomic E-state index is 0.0200. The average molecular weight is 571 g/mol. The first-order valence-electron chi connectivity index (χ1n) is 12.3. The normalized spacial score (nSPS) is 16.7. The van der Waals surface area contributed by atoms with Crippen molar-refractivity contribution in [2.75, 3.05) is 6.61 Å². The maximum atomic E-state index is 12.8. The Morgan fingerprint density at radius 3 is 1.74 bits per heavy atom. The molecule has 3 atom stereocenters. The maximum absolute atomic E-state index is 12.8. The maximum Gasteiger partial charge on any atom is 0.434 e. The number of hydrogen-bond acceptors (Lipinski definition) is 5. The Labute approximate surface area is 224 Å². The second kappa shape index (κ2) is 12.2. The van der Waals surface area contributed by atoms with E-state index in [-0.39, 0.29) is 30.6 Å². The van der Waals surface area contributed by atoms with Crippen LogP contribution in [0.1, 0.15) is 84.8 Å². The Bertz CT molecular complexity index is 998. The Morgan fingerprint density at radius 1 is 0.872 bits per heavy atom. The Kier molecular flexibility index (Phi) is 10.7. The Morgan fingerprint density at radius 2 is 1.36 bits per heavy atom. The van der Waals surface area contributed by atoms with Crippen molar-refractivity contribution in [3.8, 4) is 0 Å². The number of carbonyl (C=O) groups is 3. The molecule has 0 saturated carbocycles. The van der Waals surface area contributed by atoms with Crippen molar-refractivity contribution in [1.82, 2.24) is 0 Å². The van der Waals surface area contributed by atoms with Crippen LogP contribution in [-0.2, 0) is 29.3 Å². The lowest BCUT2D eigenvalue weighted by Gasteiger charge is -2.36. The second-order valence-electron chi connectivity index (χ2n) is 11.5. The van der Waals surface area contributed by atoms with Gasteiger partial charge in [-0.2, -0.15) is 26.3 Å². The molecule has 1 rings (SSSR count). The van der Waals surface area contributed by atoms with Gasteiger partial charge in [-0.05, 0) is 55.6 Å². The SMILES string of the molecule is CCC(C)(CC(C)(CC(C)c1ccc(C(C)(C)C)cc1)C(=O)O)C(=O)OCC(=O)OC(C(F)(F)F)C(F)(F)F. The zero-order chi connectivity index (χ0) is 30.6. The van der Waals surface area contributed by atoms with E-state index in [1.807, 2.05) is 31.2 Å². The van der Waals surface area contributed by atoms with Crippen molar-refractivity contribution in [1.29, 1.82) is 0 Å². The van der Waals surface area contributed by atoms with Crippen molar-refractivity contribution < 1.29 is 55.3 Å². The molecule has 0 aliphatic rings. The van der Waals surface area contributed by atoms with Crippen LogP contribution < -0.4 is 0 Å². The largest absolute Gasteiger partial charge is 0.481 e. The number of benzene rings is 1. The number of aliphatic carboxylic acids is 1. The monoisotopic (exact) mass is 570 g/mol. The molecular weight excluding hydrogens is 534 g/mol. The number of carbonyl (C=O) groups excluding carboxylic acids is 2. The fourth-order valence-electron chi connectivity index (χ4n) is 4.33. The summed E-state index contributed by atoms with van der Waals surface area (Å²) in [4.78, 5) is 36.8. The molecule has 0 aliphatic carbocycles. The molecule has 1 aromatic rings. The van der Waals surface area contributed by atoms with E-state index >= 15 is 0 Å². The zero-order valence-corrected chi connectivity index (χ0v) is 23.0. The molecule has 0 heterocycles. The molecule has 12 heteroatoms. The average Bonchev–Trinajstić information content (AvgIpc) is 2.78. The minimum atomic E-state index is -5.91. The highest BCUT2D eigenvalue weighted by Gasteiger charge is 2.60. The van der Waals surface area contributed by atoms with Crippen molar-refractivity contribution in [3.05, 3.63) is 35.4 Å². The summed E-state index contributed by atoms with van der Waals surface area (Å²) in [6, 6.07) is 7.72. The van der Waals surface area contributed by atoms with Crippen LogP contribution in [0.4, 0.5) is 26.3 Å². The first-order chi connectivity index (χ1) is 17.5. The zero-order valence-electron chi connectivity index (χ0n) is 23.0. The predicted molar refractivity (Wildman–Crippen MR) is 130 cm³/mol. The molecule has 0 amide bonds. The van der Waals surface area contributed by atoms with Gasteiger partial charge in [-0.25, -0.2) is 4.79 Å². The Hall–Kier alpha value is -2.79. The fraction of sp³-hybridized carbons (Fsp3) is 0.667. The quantitative estimate of drug-likeness (QED) is 0.229. The van der Waals surface area contributed by atoms with E-state index in [0.29, 0.717) is 0 Å². The van der Waals surface area contributed by atoms with E-state index in [0.717, 1.165) is 11.1 Å². The van der Waals surface area contributed by atoms with Gasteiger partial charge in [0.25, 0.3) is 6.10 Å². The van der Waals surface area contributed by atoms with Crippen LogP contribution in [0.5, 0.6) is 0 Å². The van der Waals surface area contributed by atoms with Gasteiger partial charge < -0.3 is 14.6 Å². The summed E-state index contributed by atoms with van der Waals surface area (Å²) in [5.41, 5.74) is -1.09. The Balaban J connectivity index is 3.01. The van der Waals surface area contributed by atoms with E-state index in [1.165, 1.54) is 13.8 Å². The molecule has 1 aromatic carbocycles. The summed E-state index contributed by atoms with van der Waals surface area (Å²) >= 11 is 0. The summed E-state index contributed by atoms with van der Waals surface area (Å²) in [5, 5.41) is 10.1. The van der Waals surface area contributed by atoms with E-state index in [1.54, 1.807) is 6.92 Å². The van der Waals surface area contributed by atoms with Crippen LogP contribution in [0, 0.1) is 10.8 Å². The molecule has 3 unspecified atom stereocenters. The van der Waals surface area contributed by atoms with Crippen LogP contribution in [0.3, 0.4) is 0 Å². The van der Waals surface area contributed by atoms with E-state index in [9.17, 15) is 45.8 Å². The van der Waals surface area contributed by atoms with Crippen LogP contribution in [-0.4, -0.2) is 48.1 Å². The third kappa shape index (κ3) is 9.42. The number of alkyl halides is 6. The van der Waals surface area contributed by atoms with Gasteiger partial charge in [0.1, 0.15) is 0 Å². The van der Waals surface area contributed by atoms with E-state index in [4.69, 9.17) is 4.74 Å². The van der Waals surface area contributed by atoms with Gasteiger partial charge in [0.2, 0.25) is 0 Å². The molecular formula is C27H36F6O6. The van der Waals surface area contributed by atoms with Gasteiger partial charge in [-0.1, -0.05) is 58.9 Å². The van der Waals surface area contributed by atoms with Gasteiger partial charge in [-0.15, -0.1) is 0 Å². The lowest BCUT2D eigenvalue weighted by molar-refractivity contribution is -0.313. The van der Waals surface area contributed by atoms with Crippen molar-refractivity contribution in [3.63, 3.8) is 0 Å². The van der Waals surface area contributed by atoms with Crippen LogP contribution >= 0.6 is 0 Å². The first kappa shape index (κ1) is 34.2. The molecule has 39 heavy (non-hydrogen) atoms. The smallest absolute Gasteiger partial charge is 0.434 e. The predicted octanol–water partition coefficient (Wildman–Crippen LogP) is 6.95. The summed E-state index contributed by atoms with van der Waals surface area (Å²) in [6.07, 6.45) is -16.3. The van der Waals surface area contributed by atoms with Crippen molar-refractivity contribution >= 4 is 17.9 Å². The van der Waals surface area contributed by atoms with Gasteiger partial charge >= 0.3 is 30.3 Å². The molecule has 0 fully saturated rings. The molecule has 0 radical (unpaired) electrons. The number of rotatable bonds is 11. The van der Waals surface area contributed by atoms with E-state index < -0.39 is 53.8 Å². The fourth-order valence-corrected chi connectivity index (χ4v) is 4.33. The number of carboxylic acids is 1. The number of ether oxygens (including phenoxy) is 2. The lowest BCUT2D eigenvalue weighted by Crippen LogP contribution is -2.46. The molecule has 0 spiro atoms. The second-order valence-corrected chi connectivity index (χ2v) is 11.5. The lowest BCUT2D eigenvalue weighted by atomic mass is 9.67.